The maximum atomic E-state index is 13.2. The first-order valence-corrected chi connectivity index (χ1v) is 12.5. The van der Waals surface area contributed by atoms with E-state index < -0.39 is 10.0 Å². The summed E-state index contributed by atoms with van der Waals surface area (Å²) in [5.41, 5.74) is 3.12. The number of rotatable bonds is 6. The van der Waals surface area contributed by atoms with Crippen molar-refractivity contribution in [3.8, 4) is 0 Å². The third-order valence-electron chi connectivity index (χ3n) is 5.62. The van der Waals surface area contributed by atoms with E-state index in [1.807, 2.05) is 68.4 Å². The smallest absolute Gasteiger partial charge is 0.255 e. The van der Waals surface area contributed by atoms with Crippen LogP contribution in [0.1, 0.15) is 35.3 Å². The Morgan fingerprint density at radius 2 is 1.61 bits per heavy atom. The average Bonchev–Trinajstić information content (AvgIpc) is 2.80. The topological polar surface area (TPSA) is 75.7 Å². The molecule has 172 valence electrons. The zero-order chi connectivity index (χ0) is 23.4. The Kier molecular flexibility index (Phi) is 6.93. The van der Waals surface area contributed by atoms with E-state index in [9.17, 15) is 13.2 Å². The number of ether oxygens (including phenoxy) is 1. The number of benzene rings is 3. The highest BCUT2D eigenvalue weighted by Crippen LogP contribution is 2.24. The zero-order valence-corrected chi connectivity index (χ0v) is 19.6. The SMILES string of the molecule is CC1CN(S(=O)(=O)c2cccc(C(=O)Nc3ccccc3Cc3ccccc3)c2)CC(C)O1. The third kappa shape index (κ3) is 5.50. The van der Waals surface area contributed by atoms with Gasteiger partial charge in [-0.25, -0.2) is 8.42 Å². The second kappa shape index (κ2) is 9.87. The molecular weight excluding hydrogens is 436 g/mol. The molecule has 0 bridgehead atoms. The fraction of sp³-hybridized carbons (Fsp3) is 0.269. The van der Waals surface area contributed by atoms with Crippen LogP contribution in [0.15, 0.2) is 83.8 Å². The van der Waals surface area contributed by atoms with E-state index in [4.69, 9.17) is 4.74 Å². The van der Waals surface area contributed by atoms with Crippen LogP contribution in [0.25, 0.3) is 0 Å². The standard InChI is InChI=1S/C26H28N2O4S/c1-19-17-28(18-20(2)32-19)33(30,31)24-13-8-12-23(16-24)26(29)27-25-14-7-6-11-22(25)15-21-9-4-3-5-10-21/h3-14,16,19-20H,15,17-18H2,1-2H3,(H,27,29). The summed E-state index contributed by atoms with van der Waals surface area (Å²) in [6.45, 7) is 4.29. The van der Waals surface area contributed by atoms with Crippen molar-refractivity contribution in [2.75, 3.05) is 18.4 Å². The minimum atomic E-state index is -3.73. The Labute approximate surface area is 195 Å². The predicted molar refractivity (Wildman–Crippen MR) is 129 cm³/mol. The lowest BCUT2D eigenvalue weighted by atomic mass is 10.0. The van der Waals surface area contributed by atoms with Crippen LogP contribution in [0.4, 0.5) is 5.69 Å². The van der Waals surface area contributed by atoms with Gasteiger partial charge >= 0.3 is 0 Å². The van der Waals surface area contributed by atoms with Gasteiger partial charge in [0.2, 0.25) is 10.0 Å². The molecule has 1 saturated heterocycles. The van der Waals surface area contributed by atoms with Gasteiger partial charge in [0.15, 0.2) is 0 Å². The van der Waals surface area contributed by atoms with Gasteiger partial charge in [-0.2, -0.15) is 4.31 Å². The summed E-state index contributed by atoms with van der Waals surface area (Å²) in [5.74, 6) is -0.351. The summed E-state index contributed by atoms with van der Waals surface area (Å²) >= 11 is 0. The number of hydrogen-bond donors (Lipinski definition) is 1. The number of amides is 1. The Balaban J connectivity index is 1.54. The van der Waals surface area contributed by atoms with Crippen LogP contribution in [0.5, 0.6) is 0 Å². The molecular formula is C26H28N2O4S. The minimum Gasteiger partial charge on any atom is -0.373 e. The molecule has 1 fully saturated rings. The van der Waals surface area contributed by atoms with Crippen molar-refractivity contribution in [2.24, 2.45) is 0 Å². The Morgan fingerprint density at radius 3 is 2.33 bits per heavy atom. The van der Waals surface area contributed by atoms with Crippen molar-refractivity contribution in [1.82, 2.24) is 4.31 Å². The maximum Gasteiger partial charge on any atom is 0.255 e. The maximum absolute atomic E-state index is 13.2. The molecule has 0 spiro atoms. The fourth-order valence-corrected chi connectivity index (χ4v) is 5.72. The predicted octanol–water partition coefficient (Wildman–Crippen LogP) is 4.33. The second-order valence-electron chi connectivity index (χ2n) is 8.38. The molecule has 1 heterocycles. The molecule has 6 nitrogen and oxygen atoms in total. The summed E-state index contributed by atoms with van der Waals surface area (Å²) in [6, 6.07) is 23.8. The van der Waals surface area contributed by atoms with Gasteiger partial charge in [-0.1, -0.05) is 54.6 Å². The van der Waals surface area contributed by atoms with E-state index in [0.29, 0.717) is 17.7 Å². The van der Waals surface area contributed by atoms with Crippen molar-refractivity contribution in [2.45, 2.75) is 37.4 Å². The van der Waals surface area contributed by atoms with Crippen molar-refractivity contribution in [1.29, 1.82) is 0 Å². The lowest BCUT2D eigenvalue weighted by molar-refractivity contribution is -0.0440. The largest absolute Gasteiger partial charge is 0.373 e. The number of carbonyl (C=O) groups excluding carboxylic acids is 1. The van der Waals surface area contributed by atoms with E-state index in [1.54, 1.807) is 12.1 Å². The summed E-state index contributed by atoms with van der Waals surface area (Å²) in [5, 5.41) is 2.95. The van der Waals surface area contributed by atoms with Gasteiger partial charge in [0, 0.05) is 24.3 Å². The van der Waals surface area contributed by atoms with Crippen LogP contribution in [0.3, 0.4) is 0 Å². The number of nitrogens with one attached hydrogen (secondary N) is 1. The van der Waals surface area contributed by atoms with E-state index in [-0.39, 0.29) is 36.1 Å². The van der Waals surface area contributed by atoms with Crippen molar-refractivity contribution in [3.63, 3.8) is 0 Å². The van der Waals surface area contributed by atoms with E-state index in [2.05, 4.69) is 5.32 Å². The number of sulfonamides is 1. The number of carbonyl (C=O) groups is 1. The number of anilines is 1. The van der Waals surface area contributed by atoms with Gasteiger partial charge < -0.3 is 10.1 Å². The molecule has 4 rings (SSSR count). The fourth-order valence-electron chi connectivity index (χ4n) is 4.08. The first-order chi connectivity index (χ1) is 15.8. The first-order valence-electron chi connectivity index (χ1n) is 11.0. The quantitative estimate of drug-likeness (QED) is 0.589. The number of hydrogen-bond acceptors (Lipinski definition) is 4. The van der Waals surface area contributed by atoms with Crippen molar-refractivity contribution >= 4 is 21.6 Å². The number of para-hydroxylation sites is 1. The molecule has 1 N–H and O–H groups in total. The monoisotopic (exact) mass is 464 g/mol. The molecule has 1 aliphatic heterocycles. The summed E-state index contributed by atoms with van der Waals surface area (Å²) in [6.07, 6.45) is 0.311. The molecule has 0 aromatic heterocycles. The van der Waals surface area contributed by atoms with Gasteiger partial charge in [-0.15, -0.1) is 0 Å². The average molecular weight is 465 g/mol. The molecule has 7 heteroatoms. The molecule has 2 unspecified atom stereocenters. The molecule has 3 aromatic rings. The van der Waals surface area contributed by atoms with Crippen LogP contribution in [-0.4, -0.2) is 43.9 Å². The highest BCUT2D eigenvalue weighted by Gasteiger charge is 2.32. The van der Waals surface area contributed by atoms with Gasteiger partial charge in [-0.3, -0.25) is 4.79 Å². The summed E-state index contributed by atoms with van der Waals surface area (Å²) in [7, 11) is -3.73. The normalized spacial score (nSPS) is 19.2. The Bertz CT molecular complexity index is 1220. The van der Waals surface area contributed by atoms with Crippen LogP contribution in [-0.2, 0) is 21.2 Å². The third-order valence-corrected chi connectivity index (χ3v) is 7.45. The minimum absolute atomic E-state index is 0.106. The van der Waals surface area contributed by atoms with Crippen LogP contribution in [0, 0.1) is 0 Å². The van der Waals surface area contributed by atoms with E-state index in [1.165, 1.54) is 16.4 Å². The second-order valence-corrected chi connectivity index (χ2v) is 10.3. The highest BCUT2D eigenvalue weighted by atomic mass is 32.2. The van der Waals surface area contributed by atoms with Gasteiger partial charge in [-0.05, 0) is 55.7 Å². The van der Waals surface area contributed by atoms with Gasteiger partial charge in [0.05, 0.1) is 17.1 Å². The lowest BCUT2D eigenvalue weighted by Crippen LogP contribution is -2.48. The molecule has 2 atom stereocenters. The Morgan fingerprint density at radius 1 is 0.939 bits per heavy atom. The summed E-state index contributed by atoms with van der Waals surface area (Å²) in [4.78, 5) is 13.1. The van der Waals surface area contributed by atoms with Crippen LogP contribution >= 0.6 is 0 Å². The highest BCUT2D eigenvalue weighted by molar-refractivity contribution is 7.89. The lowest BCUT2D eigenvalue weighted by Gasteiger charge is -2.34. The van der Waals surface area contributed by atoms with Crippen molar-refractivity contribution in [3.05, 3.63) is 95.6 Å². The molecule has 3 aromatic carbocycles. The van der Waals surface area contributed by atoms with Gasteiger partial charge in [0.1, 0.15) is 0 Å². The van der Waals surface area contributed by atoms with Crippen LogP contribution < -0.4 is 5.32 Å². The van der Waals surface area contributed by atoms with Crippen LogP contribution in [0.2, 0.25) is 0 Å². The first kappa shape index (κ1) is 23.2. The van der Waals surface area contributed by atoms with Gasteiger partial charge in [0.25, 0.3) is 5.91 Å². The zero-order valence-electron chi connectivity index (χ0n) is 18.8. The molecule has 1 aliphatic rings. The summed E-state index contributed by atoms with van der Waals surface area (Å²) < 4.78 is 33.5. The van der Waals surface area contributed by atoms with E-state index >= 15 is 0 Å². The molecule has 0 aliphatic carbocycles. The molecule has 1 amide bonds. The van der Waals surface area contributed by atoms with E-state index in [0.717, 1.165) is 11.1 Å². The number of morpholine rings is 1. The molecule has 33 heavy (non-hydrogen) atoms. The van der Waals surface area contributed by atoms with Crippen molar-refractivity contribution < 1.29 is 17.9 Å². The molecule has 0 radical (unpaired) electrons. The number of nitrogens with zero attached hydrogens (tertiary/aromatic N) is 1. The molecule has 0 saturated carbocycles. The Hall–Kier alpha value is -3.00.